The molecule has 0 bridgehead atoms. The van der Waals surface area contributed by atoms with Crippen LogP contribution in [0.15, 0.2) is 36.4 Å². The Morgan fingerprint density at radius 1 is 1.10 bits per heavy atom. The molecule has 0 saturated carbocycles. The molecule has 0 fully saturated rings. The number of halogens is 3. The molecule has 2 rings (SSSR count). The van der Waals surface area contributed by atoms with Crippen LogP contribution in [-0.2, 0) is 0 Å². The van der Waals surface area contributed by atoms with Gasteiger partial charge in [0.05, 0.1) is 10.7 Å². The number of hydrogen-bond donors (Lipinski definition) is 2. The molecule has 0 radical (unpaired) electrons. The van der Waals surface area contributed by atoms with E-state index in [1.165, 1.54) is 6.07 Å². The van der Waals surface area contributed by atoms with Gasteiger partial charge in [-0.25, -0.2) is 4.39 Å². The van der Waals surface area contributed by atoms with Gasteiger partial charge in [0.2, 0.25) is 0 Å². The lowest BCUT2D eigenvalue weighted by molar-refractivity contribution is 0.632. The van der Waals surface area contributed by atoms with Gasteiger partial charge in [0.1, 0.15) is 0 Å². The van der Waals surface area contributed by atoms with Crippen LogP contribution < -0.4 is 10.6 Å². The number of anilines is 2. The summed E-state index contributed by atoms with van der Waals surface area (Å²) in [6, 6.07) is 10.1. The van der Waals surface area contributed by atoms with E-state index in [9.17, 15) is 4.39 Å². The summed E-state index contributed by atoms with van der Waals surface area (Å²) in [6.07, 6.45) is 0. The molecule has 0 spiro atoms. The summed E-state index contributed by atoms with van der Waals surface area (Å²) in [5, 5.41) is 6.61. The molecule has 0 saturated heterocycles. The van der Waals surface area contributed by atoms with Crippen molar-refractivity contribution in [1.29, 1.82) is 0 Å². The molecule has 0 aromatic heterocycles. The highest BCUT2D eigenvalue weighted by molar-refractivity contribution is 7.80. The zero-order valence-electron chi connectivity index (χ0n) is 10.5. The third-order valence-electron chi connectivity index (χ3n) is 2.63. The average Bonchev–Trinajstić information content (AvgIpc) is 2.39. The summed E-state index contributed by atoms with van der Waals surface area (Å²) in [7, 11) is 0. The van der Waals surface area contributed by atoms with Crippen LogP contribution in [0, 0.1) is 12.7 Å². The van der Waals surface area contributed by atoms with Crippen LogP contribution >= 0.6 is 35.4 Å². The Hall–Kier alpha value is -1.36. The Morgan fingerprint density at radius 2 is 1.85 bits per heavy atom. The number of thiocarbonyl (C=S) groups is 1. The summed E-state index contributed by atoms with van der Waals surface area (Å²) in [5.41, 5.74) is 1.91. The Bertz CT molecular complexity index is 662. The van der Waals surface area contributed by atoms with Crippen molar-refractivity contribution in [2.75, 3.05) is 10.6 Å². The Balaban J connectivity index is 2.09. The van der Waals surface area contributed by atoms with Gasteiger partial charge >= 0.3 is 0 Å². The minimum atomic E-state index is -0.541. The number of nitrogens with one attached hydrogen (secondary N) is 2. The lowest BCUT2D eigenvalue weighted by Crippen LogP contribution is -2.19. The van der Waals surface area contributed by atoms with E-state index in [1.807, 2.05) is 19.1 Å². The molecule has 0 amide bonds. The van der Waals surface area contributed by atoms with E-state index in [2.05, 4.69) is 10.6 Å². The van der Waals surface area contributed by atoms with Gasteiger partial charge in [0.15, 0.2) is 10.9 Å². The lowest BCUT2D eigenvalue weighted by atomic mass is 10.2. The predicted octanol–water partition coefficient (Wildman–Crippen LogP) is 5.25. The van der Waals surface area contributed by atoms with Crippen LogP contribution in [0.4, 0.5) is 15.8 Å². The van der Waals surface area contributed by atoms with Crippen molar-refractivity contribution in [3.05, 3.63) is 57.8 Å². The first kappa shape index (κ1) is 15.0. The summed E-state index contributed by atoms with van der Waals surface area (Å²) in [6.45, 7) is 1.91. The molecule has 2 aromatic carbocycles. The molecular weight excluding hydrogens is 318 g/mol. The Kier molecular flexibility index (Phi) is 4.81. The second-order valence-corrected chi connectivity index (χ2v) is 5.37. The maximum atomic E-state index is 13.7. The van der Waals surface area contributed by atoms with Gasteiger partial charge in [0, 0.05) is 10.7 Å². The highest BCUT2D eigenvalue weighted by atomic mass is 35.5. The zero-order valence-corrected chi connectivity index (χ0v) is 12.8. The van der Waals surface area contributed by atoms with E-state index in [0.29, 0.717) is 5.02 Å². The highest BCUT2D eigenvalue weighted by Gasteiger charge is 2.08. The van der Waals surface area contributed by atoms with E-state index >= 15 is 0 Å². The quantitative estimate of drug-likeness (QED) is 0.736. The number of aryl methyl sites for hydroxylation is 1. The smallest absolute Gasteiger partial charge is 0.175 e. The molecule has 2 nitrogen and oxygen atoms in total. The molecule has 6 heteroatoms. The highest BCUT2D eigenvalue weighted by Crippen LogP contribution is 2.23. The van der Waals surface area contributed by atoms with E-state index in [0.717, 1.165) is 11.3 Å². The van der Waals surface area contributed by atoms with Gasteiger partial charge in [-0.1, -0.05) is 35.3 Å². The SMILES string of the molecule is Cc1ccc(NC(=S)Nc2cccc(Cl)c2F)cc1Cl. The molecular formula is C14H11Cl2FN2S. The first-order valence-electron chi connectivity index (χ1n) is 5.75. The van der Waals surface area contributed by atoms with Crippen molar-refractivity contribution in [3.8, 4) is 0 Å². The van der Waals surface area contributed by atoms with Crippen LogP contribution in [0.3, 0.4) is 0 Å². The van der Waals surface area contributed by atoms with E-state index in [-0.39, 0.29) is 15.8 Å². The van der Waals surface area contributed by atoms with Gasteiger partial charge in [-0.3, -0.25) is 0 Å². The molecule has 0 aliphatic rings. The summed E-state index contributed by atoms with van der Waals surface area (Å²) in [5.74, 6) is -0.541. The Morgan fingerprint density at radius 3 is 2.55 bits per heavy atom. The predicted molar refractivity (Wildman–Crippen MR) is 87.4 cm³/mol. The minimum Gasteiger partial charge on any atom is -0.332 e. The van der Waals surface area contributed by atoms with Gasteiger partial charge in [0.25, 0.3) is 0 Å². The molecule has 0 heterocycles. The molecule has 104 valence electrons. The number of hydrogen-bond acceptors (Lipinski definition) is 1. The maximum absolute atomic E-state index is 13.7. The second kappa shape index (κ2) is 6.39. The molecule has 2 N–H and O–H groups in total. The molecule has 20 heavy (non-hydrogen) atoms. The minimum absolute atomic E-state index is 0.0381. The zero-order chi connectivity index (χ0) is 14.7. The van der Waals surface area contributed by atoms with Crippen molar-refractivity contribution in [2.24, 2.45) is 0 Å². The average molecular weight is 329 g/mol. The maximum Gasteiger partial charge on any atom is 0.175 e. The van der Waals surface area contributed by atoms with E-state index in [4.69, 9.17) is 35.4 Å². The fraction of sp³-hybridized carbons (Fsp3) is 0.0714. The van der Waals surface area contributed by atoms with Gasteiger partial charge in [-0.05, 0) is 49.0 Å². The molecule has 0 atom stereocenters. The second-order valence-electron chi connectivity index (χ2n) is 4.14. The monoisotopic (exact) mass is 328 g/mol. The van der Waals surface area contributed by atoms with Crippen molar-refractivity contribution >= 4 is 51.9 Å². The fourth-order valence-electron chi connectivity index (χ4n) is 1.56. The van der Waals surface area contributed by atoms with E-state index < -0.39 is 5.82 Å². The molecule has 0 aliphatic heterocycles. The first-order valence-corrected chi connectivity index (χ1v) is 6.92. The van der Waals surface area contributed by atoms with Gasteiger partial charge in [-0.15, -0.1) is 0 Å². The van der Waals surface area contributed by atoms with Gasteiger partial charge < -0.3 is 10.6 Å². The van der Waals surface area contributed by atoms with E-state index in [1.54, 1.807) is 18.2 Å². The fourth-order valence-corrected chi connectivity index (χ4v) is 2.14. The van der Waals surface area contributed by atoms with Crippen molar-refractivity contribution < 1.29 is 4.39 Å². The van der Waals surface area contributed by atoms with Crippen molar-refractivity contribution in [2.45, 2.75) is 6.92 Å². The standard InChI is InChI=1S/C14H11Cl2FN2S/c1-8-5-6-9(7-11(8)16)18-14(20)19-12-4-2-3-10(15)13(12)17/h2-7H,1H3,(H2,18,19,20). The van der Waals surface area contributed by atoms with Crippen LogP contribution in [0.2, 0.25) is 10.0 Å². The Labute approximate surface area is 131 Å². The number of rotatable bonds is 2. The molecule has 2 aromatic rings. The topological polar surface area (TPSA) is 24.1 Å². The normalized spacial score (nSPS) is 10.2. The van der Waals surface area contributed by atoms with Crippen molar-refractivity contribution in [1.82, 2.24) is 0 Å². The van der Waals surface area contributed by atoms with Crippen LogP contribution in [0.1, 0.15) is 5.56 Å². The molecule has 0 unspecified atom stereocenters. The summed E-state index contributed by atoms with van der Waals surface area (Å²) >= 11 is 16.8. The van der Waals surface area contributed by atoms with Crippen LogP contribution in [0.25, 0.3) is 0 Å². The first-order chi connectivity index (χ1) is 9.47. The summed E-state index contributed by atoms with van der Waals surface area (Å²) in [4.78, 5) is 0. The molecule has 0 aliphatic carbocycles. The third-order valence-corrected chi connectivity index (χ3v) is 3.53. The van der Waals surface area contributed by atoms with Gasteiger partial charge in [-0.2, -0.15) is 0 Å². The lowest BCUT2D eigenvalue weighted by Gasteiger charge is -2.12. The van der Waals surface area contributed by atoms with Crippen LogP contribution in [0.5, 0.6) is 0 Å². The third kappa shape index (κ3) is 3.60. The van der Waals surface area contributed by atoms with Crippen LogP contribution in [-0.4, -0.2) is 5.11 Å². The largest absolute Gasteiger partial charge is 0.332 e. The van der Waals surface area contributed by atoms with Crippen molar-refractivity contribution in [3.63, 3.8) is 0 Å². The summed E-state index contributed by atoms with van der Waals surface area (Å²) < 4.78 is 13.7. The number of benzene rings is 2.